The highest BCUT2D eigenvalue weighted by Gasteiger charge is 2.14. The molecule has 1 fully saturated rings. The van der Waals surface area contributed by atoms with Crippen molar-refractivity contribution in [1.82, 2.24) is 10.6 Å². The van der Waals surface area contributed by atoms with E-state index in [0.29, 0.717) is 19.1 Å². The molecule has 1 amide bonds. The topological polar surface area (TPSA) is 50.4 Å². The van der Waals surface area contributed by atoms with E-state index in [4.69, 9.17) is 4.74 Å². The summed E-state index contributed by atoms with van der Waals surface area (Å²) in [5, 5.41) is 6.34. The molecule has 1 unspecified atom stereocenters. The van der Waals surface area contributed by atoms with Gasteiger partial charge in [-0.1, -0.05) is 12.1 Å². The molecule has 0 radical (unpaired) electrons. The van der Waals surface area contributed by atoms with Gasteiger partial charge in [-0.3, -0.25) is 4.79 Å². The molecule has 0 aromatic heterocycles. The van der Waals surface area contributed by atoms with Gasteiger partial charge in [0.1, 0.15) is 5.75 Å². The zero-order valence-corrected chi connectivity index (χ0v) is 12.2. The maximum absolute atomic E-state index is 11.7. The minimum atomic E-state index is 0.117. The van der Waals surface area contributed by atoms with E-state index in [-0.39, 0.29) is 5.91 Å². The van der Waals surface area contributed by atoms with E-state index < -0.39 is 0 Å². The lowest BCUT2D eigenvalue weighted by atomic mass is 10.2. The van der Waals surface area contributed by atoms with Crippen molar-refractivity contribution in [2.45, 2.75) is 38.6 Å². The molecular formula is C16H24N2O2. The van der Waals surface area contributed by atoms with Gasteiger partial charge in [0.15, 0.2) is 0 Å². The first kappa shape index (κ1) is 14.9. The van der Waals surface area contributed by atoms with Crippen LogP contribution in [0, 0.1) is 6.92 Å². The zero-order valence-electron chi connectivity index (χ0n) is 12.2. The van der Waals surface area contributed by atoms with Crippen LogP contribution < -0.4 is 15.4 Å². The predicted molar refractivity (Wildman–Crippen MR) is 79.9 cm³/mol. The smallest absolute Gasteiger partial charge is 0.220 e. The highest BCUT2D eigenvalue weighted by molar-refractivity contribution is 5.75. The summed E-state index contributed by atoms with van der Waals surface area (Å²) in [6.07, 6.45) is 3.65. The minimum absolute atomic E-state index is 0.117. The van der Waals surface area contributed by atoms with Crippen molar-refractivity contribution in [3.8, 4) is 5.75 Å². The lowest BCUT2D eigenvalue weighted by Gasteiger charge is -2.11. The van der Waals surface area contributed by atoms with Gasteiger partial charge < -0.3 is 15.4 Å². The summed E-state index contributed by atoms with van der Waals surface area (Å²) in [4.78, 5) is 11.7. The van der Waals surface area contributed by atoms with Crippen LogP contribution in [0.15, 0.2) is 24.3 Å². The largest absolute Gasteiger partial charge is 0.494 e. The van der Waals surface area contributed by atoms with Crippen LogP contribution in [-0.4, -0.2) is 31.6 Å². The molecule has 2 N–H and O–H groups in total. The molecule has 2 rings (SSSR count). The minimum Gasteiger partial charge on any atom is -0.494 e. The van der Waals surface area contributed by atoms with E-state index in [1.54, 1.807) is 0 Å². The standard InChI is InChI=1S/C16H24N2O2/c1-13-5-2-7-15(11-13)20-10-4-8-16(19)18-12-14-6-3-9-17-14/h2,5,7,11,14,17H,3-4,6,8-10,12H2,1H3,(H,18,19). The van der Waals surface area contributed by atoms with Crippen molar-refractivity contribution < 1.29 is 9.53 Å². The van der Waals surface area contributed by atoms with Gasteiger partial charge in [-0.15, -0.1) is 0 Å². The summed E-state index contributed by atoms with van der Waals surface area (Å²) in [5.74, 6) is 0.993. The Morgan fingerprint density at radius 2 is 2.40 bits per heavy atom. The molecule has 1 aromatic carbocycles. The molecular weight excluding hydrogens is 252 g/mol. The second kappa shape index (κ2) is 7.90. The molecule has 1 heterocycles. The number of ether oxygens (including phenoxy) is 1. The molecule has 0 saturated carbocycles. The number of nitrogens with one attached hydrogen (secondary N) is 2. The summed E-state index contributed by atoms with van der Waals surface area (Å²) < 4.78 is 5.62. The quantitative estimate of drug-likeness (QED) is 0.749. The molecule has 4 heteroatoms. The molecule has 1 saturated heterocycles. The average Bonchev–Trinajstić information content (AvgIpc) is 2.95. The Balaban J connectivity index is 1.55. The molecule has 0 spiro atoms. The summed E-state index contributed by atoms with van der Waals surface area (Å²) in [7, 11) is 0. The van der Waals surface area contributed by atoms with Gasteiger partial charge in [0, 0.05) is 19.0 Å². The van der Waals surface area contributed by atoms with Gasteiger partial charge in [0.05, 0.1) is 6.61 Å². The second-order valence-electron chi connectivity index (χ2n) is 5.37. The van der Waals surface area contributed by atoms with Crippen LogP contribution in [-0.2, 0) is 4.79 Å². The Kier molecular flexibility index (Phi) is 5.87. The Labute approximate surface area is 120 Å². The number of aryl methyl sites for hydroxylation is 1. The van der Waals surface area contributed by atoms with Gasteiger partial charge >= 0.3 is 0 Å². The highest BCUT2D eigenvalue weighted by atomic mass is 16.5. The first-order chi connectivity index (χ1) is 9.74. The monoisotopic (exact) mass is 276 g/mol. The SMILES string of the molecule is Cc1cccc(OCCCC(=O)NCC2CCCN2)c1. The highest BCUT2D eigenvalue weighted by Crippen LogP contribution is 2.12. The molecule has 110 valence electrons. The van der Waals surface area contributed by atoms with Gasteiger partial charge in [-0.25, -0.2) is 0 Å². The Bertz CT molecular complexity index is 428. The summed E-state index contributed by atoms with van der Waals surface area (Å²) in [6.45, 7) is 4.44. The van der Waals surface area contributed by atoms with Crippen LogP contribution in [0.4, 0.5) is 0 Å². The fourth-order valence-corrected chi connectivity index (χ4v) is 2.38. The van der Waals surface area contributed by atoms with Crippen molar-refractivity contribution in [3.05, 3.63) is 29.8 Å². The number of rotatable bonds is 7. The molecule has 1 aliphatic rings. The van der Waals surface area contributed by atoms with E-state index >= 15 is 0 Å². The zero-order chi connectivity index (χ0) is 14.2. The van der Waals surface area contributed by atoms with Crippen LogP contribution >= 0.6 is 0 Å². The molecule has 4 nitrogen and oxygen atoms in total. The van der Waals surface area contributed by atoms with Crippen LogP contribution in [0.25, 0.3) is 0 Å². The molecule has 1 aromatic rings. The Morgan fingerprint density at radius 3 is 3.15 bits per heavy atom. The summed E-state index contributed by atoms with van der Waals surface area (Å²) >= 11 is 0. The number of carbonyl (C=O) groups excluding carboxylic acids is 1. The van der Waals surface area contributed by atoms with Gasteiger partial charge in [0.25, 0.3) is 0 Å². The first-order valence-corrected chi connectivity index (χ1v) is 7.43. The maximum atomic E-state index is 11.7. The van der Waals surface area contributed by atoms with E-state index in [2.05, 4.69) is 10.6 Å². The van der Waals surface area contributed by atoms with Crippen LogP contribution in [0.2, 0.25) is 0 Å². The lowest BCUT2D eigenvalue weighted by Crippen LogP contribution is -2.37. The molecule has 1 atom stereocenters. The van der Waals surface area contributed by atoms with E-state index in [1.807, 2.05) is 31.2 Å². The number of carbonyl (C=O) groups is 1. The van der Waals surface area contributed by atoms with Crippen LogP contribution in [0.5, 0.6) is 5.75 Å². The normalized spacial score (nSPS) is 17.9. The molecule has 0 bridgehead atoms. The van der Waals surface area contributed by atoms with E-state index in [9.17, 15) is 4.79 Å². The fraction of sp³-hybridized carbons (Fsp3) is 0.562. The van der Waals surface area contributed by atoms with Gasteiger partial charge in [-0.05, 0) is 50.4 Å². The third-order valence-corrected chi connectivity index (χ3v) is 3.51. The Morgan fingerprint density at radius 1 is 1.50 bits per heavy atom. The third kappa shape index (κ3) is 5.21. The molecule has 1 aliphatic heterocycles. The fourth-order valence-electron chi connectivity index (χ4n) is 2.38. The van der Waals surface area contributed by atoms with Crippen molar-refractivity contribution in [2.75, 3.05) is 19.7 Å². The third-order valence-electron chi connectivity index (χ3n) is 3.51. The van der Waals surface area contributed by atoms with E-state index in [1.165, 1.54) is 12.0 Å². The number of hydrogen-bond acceptors (Lipinski definition) is 3. The van der Waals surface area contributed by atoms with Crippen LogP contribution in [0.1, 0.15) is 31.2 Å². The predicted octanol–water partition coefficient (Wildman–Crippen LogP) is 2.02. The Hall–Kier alpha value is -1.55. The lowest BCUT2D eigenvalue weighted by molar-refractivity contribution is -0.121. The summed E-state index contributed by atoms with van der Waals surface area (Å²) in [6, 6.07) is 8.43. The van der Waals surface area contributed by atoms with Crippen molar-refractivity contribution >= 4 is 5.91 Å². The van der Waals surface area contributed by atoms with Crippen LogP contribution in [0.3, 0.4) is 0 Å². The van der Waals surface area contributed by atoms with E-state index in [0.717, 1.165) is 31.7 Å². The number of benzene rings is 1. The second-order valence-corrected chi connectivity index (χ2v) is 5.37. The number of amides is 1. The number of hydrogen-bond donors (Lipinski definition) is 2. The van der Waals surface area contributed by atoms with Crippen molar-refractivity contribution in [3.63, 3.8) is 0 Å². The first-order valence-electron chi connectivity index (χ1n) is 7.43. The molecule has 20 heavy (non-hydrogen) atoms. The maximum Gasteiger partial charge on any atom is 0.220 e. The van der Waals surface area contributed by atoms with Crippen molar-refractivity contribution in [1.29, 1.82) is 0 Å². The van der Waals surface area contributed by atoms with Crippen molar-refractivity contribution in [2.24, 2.45) is 0 Å². The molecule has 0 aliphatic carbocycles. The average molecular weight is 276 g/mol. The van der Waals surface area contributed by atoms with Gasteiger partial charge in [-0.2, -0.15) is 0 Å². The van der Waals surface area contributed by atoms with Gasteiger partial charge in [0.2, 0.25) is 5.91 Å². The summed E-state index contributed by atoms with van der Waals surface area (Å²) in [5.41, 5.74) is 1.18.